The zero-order valence-electron chi connectivity index (χ0n) is 7.28. The highest BCUT2D eigenvalue weighted by molar-refractivity contribution is 5.64. The van der Waals surface area contributed by atoms with E-state index >= 15 is 0 Å². The number of hydrogen-bond donors (Lipinski definition) is 2. The maximum Gasteiger partial charge on any atom is 0.292 e. The summed E-state index contributed by atoms with van der Waals surface area (Å²) in [4.78, 5) is 10.0. The molecule has 5 nitrogen and oxygen atoms in total. The molecule has 0 amide bonds. The molecule has 0 aliphatic rings. The van der Waals surface area contributed by atoms with E-state index in [2.05, 4.69) is 0 Å². The third-order valence-electron chi connectivity index (χ3n) is 1.80. The van der Waals surface area contributed by atoms with Crippen molar-refractivity contribution in [2.24, 2.45) is 5.73 Å². The fourth-order valence-electron chi connectivity index (χ4n) is 1.17. The Bertz CT molecular complexity index is 349. The van der Waals surface area contributed by atoms with E-state index in [1.807, 2.05) is 0 Å². The lowest BCUT2D eigenvalue weighted by molar-refractivity contribution is -0.384. The van der Waals surface area contributed by atoms with Crippen molar-refractivity contribution in [3.8, 4) is 0 Å². The quantitative estimate of drug-likeness (QED) is 0.403. The minimum atomic E-state index is -0.499. The summed E-state index contributed by atoms with van der Waals surface area (Å²) in [6.45, 7) is 1.99. The summed E-state index contributed by atoms with van der Waals surface area (Å²) >= 11 is 0. The van der Waals surface area contributed by atoms with Crippen molar-refractivity contribution in [2.45, 2.75) is 13.5 Å². The fraction of sp³-hybridized carbons (Fsp3) is 0.250. The lowest BCUT2D eigenvalue weighted by atomic mass is 10.1. The van der Waals surface area contributed by atoms with E-state index in [0.29, 0.717) is 5.56 Å². The third kappa shape index (κ3) is 1.75. The van der Waals surface area contributed by atoms with Gasteiger partial charge in [0.05, 0.1) is 4.92 Å². The molecule has 1 aromatic rings. The molecule has 0 aliphatic carbocycles. The molecule has 0 spiro atoms. The molecule has 0 bridgehead atoms. The van der Waals surface area contributed by atoms with Gasteiger partial charge in [-0.2, -0.15) is 0 Å². The Morgan fingerprint density at radius 1 is 1.54 bits per heavy atom. The van der Waals surface area contributed by atoms with Crippen molar-refractivity contribution in [2.75, 3.05) is 5.73 Å². The standard InChI is InChI=1S/C8H11N3O2/c1-5-2-6(4-9)8(10)7(3-5)11(12)13/h2-3H,4,9-10H2,1H3. The maximum absolute atomic E-state index is 10.5. The first-order valence-corrected chi connectivity index (χ1v) is 3.79. The van der Waals surface area contributed by atoms with Crippen LogP contribution in [0.25, 0.3) is 0 Å². The number of benzene rings is 1. The Morgan fingerprint density at radius 3 is 2.62 bits per heavy atom. The fourth-order valence-corrected chi connectivity index (χ4v) is 1.17. The molecule has 13 heavy (non-hydrogen) atoms. The molecule has 0 heterocycles. The van der Waals surface area contributed by atoms with Gasteiger partial charge in [0.15, 0.2) is 0 Å². The van der Waals surface area contributed by atoms with Gasteiger partial charge in [0.1, 0.15) is 5.69 Å². The van der Waals surface area contributed by atoms with Crippen molar-refractivity contribution in [3.05, 3.63) is 33.4 Å². The molecule has 0 aliphatic heterocycles. The smallest absolute Gasteiger partial charge is 0.292 e. The summed E-state index contributed by atoms with van der Waals surface area (Å²) in [5, 5.41) is 10.5. The minimum absolute atomic E-state index is 0.0690. The Balaban J connectivity index is 3.35. The van der Waals surface area contributed by atoms with Crippen LogP contribution in [0, 0.1) is 17.0 Å². The van der Waals surface area contributed by atoms with E-state index in [0.717, 1.165) is 5.56 Å². The second-order valence-corrected chi connectivity index (χ2v) is 2.82. The van der Waals surface area contributed by atoms with Gasteiger partial charge in [-0.1, -0.05) is 6.07 Å². The van der Waals surface area contributed by atoms with Crippen LogP contribution in [0.1, 0.15) is 11.1 Å². The number of nitro benzene ring substituents is 1. The summed E-state index contributed by atoms with van der Waals surface area (Å²) in [6.07, 6.45) is 0. The zero-order chi connectivity index (χ0) is 10.0. The summed E-state index contributed by atoms with van der Waals surface area (Å²) in [5.41, 5.74) is 12.4. The average Bonchev–Trinajstić information content (AvgIpc) is 2.08. The number of hydrogen-bond acceptors (Lipinski definition) is 4. The Labute approximate surface area is 75.5 Å². The van der Waals surface area contributed by atoms with Crippen LogP contribution in [0.3, 0.4) is 0 Å². The van der Waals surface area contributed by atoms with Gasteiger partial charge in [-0.15, -0.1) is 0 Å². The zero-order valence-corrected chi connectivity index (χ0v) is 7.28. The molecule has 70 valence electrons. The van der Waals surface area contributed by atoms with Crippen LogP contribution >= 0.6 is 0 Å². The summed E-state index contributed by atoms with van der Waals surface area (Å²) in [6, 6.07) is 3.19. The molecule has 0 saturated carbocycles. The third-order valence-corrected chi connectivity index (χ3v) is 1.80. The molecule has 0 aromatic heterocycles. The van der Waals surface area contributed by atoms with E-state index in [9.17, 15) is 10.1 Å². The number of aryl methyl sites for hydroxylation is 1. The molecule has 1 aromatic carbocycles. The van der Waals surface area contributed by atoms with Gasteiger partial charge < -0.3 is 11.5 Å². The van der Waals surface area contributed by atoms with Crippen molar-refractivity contribution in [3.63, 3.8) is 0 Å². The van der Waals surface area contributed by atoms with E-state index < -0.39 is 4.92 Å². The van der Waals surface area contributed by atoms with E-state index in [1.54, 1.807) is 13.0 Å². The highest BCUT2D eigenvalue weighted by atomic mass is 16.6. The van der Waals surface area contributed by atoms with Crippen LogP contribution in [0.4, 0.5) is 11.4 Å². The van der Waals surface area contributed by atoms with Gasteiger partial charge in [0.2, 0.25) is 0 Å². The molecule has 0 unspecified atom stereocenters. The first-order valence-electron chi connectivity index (χ1n) is 3.79. The molecule has 4 N–H and O–H groups in total. The number of anilines is 1. The summed E-state index contributed by atoms with van der Waals surface area (Å²) < 4.78 is 0. The molecule has 0 saturated heterocycles. The first kappa shape index (κ1) is 9.47. The lowest BCUT2D eigenvalue weighted by Crippen LogP contribution is -2.05. The minimum Gasteiger partial charge on any atom is -0.393 e. The number of nitrogens with two attached hydrogens (primary N) is 2. The molecular formula is C8H11N3O2. The van der Waals surface area contributed by atoms with Crippen molar-refractivity contribution < 1.29 is 4.92 Å². The maximum atomic E-state index is 10.5. The highest BCUT2D eigenvalue weighted by Crippen LogP contribution is 2.26. The number of nitro groups is 1. The lowest BCUT2D eigenvalue weighted by Gasteiger charge is -2.04. The second kappa shape index (κ2) is 3.40. The predicted octanol–water partition coefficient (Wildman–Crippen LogP) is 0.944. The van der Waals surface area contributed by atoms with Crippen LogP contribution in [-0.4, -0.2) is 4.92 Å². The topological polar surface area (TPSA) is 95.2 Å². The van der Waals surface area contributed by atoms with Gasteiger partial charge in [-0.05, 0) is 18.1 Å². The Morgan fingerprint density at radius 2 is 2.15 bits per heavy atom. The molecule has 5 heteroatoms. The number of rotatable bonds is 2. The van der Waals surface area contributed by atoms with Crippen LogP contribution in [0.15, 0.2) is 12.1 Å². The second-order valence-electron chi connectivity index (χ2n) is 2.82. The van der Waals surface area contributed by atoms with E-state index in [4.69, 9.17) is 11.5 Å². The monoisotopic (exact) mass is 181 g/mol. The van der Waals surface area contributed by atoms with Gasteiger partial charge in [-0.25, -0.2) is 0 Å². The van der Waals surface area contributed by atoms with E-state index in [1.165, 1.54) is 6.07 Å². The van der Waals surface area contributed by atoms with Crippen LogP contribution in [0.2, 0.25) is 0 Å². The van der Waals surface area contributed by atoms with Gasteiger partial charge in [-0.3, -0.25) is 10.1 Å². The molecular weight excluding hydrogens is 170 g/mol. The van der Waals surface area contributed by atoms with Gasteiger partial charge in [0.25, 0.3) is 5.69 Å². The molecule has 0 atom stereocenters. The first-order chi connectivity index (χ1) is 6.06. The number of nitrogen functional groups attached to an aromatic ring is 1. The van der Waals surface area contributed by atoms with Gasteiger partial charge >= 0.3 is 0 Å². The molecule has 0 fully saturated rings. The Kier molecular flexibility index (Phi) is 2.48. The van der Waals surface area contributed by atoms with Crippen molar-refractivity contribution in [1.29, 1.82) is 0 Å². The normalized spacial score (nSPS) is 10.0. The summed E-state index contributed by atoms with van der Waals surface area (Å²) in [7, 11) is 0. The van der Waals surface area contributed by atoms with Crippen LogP contribution < -0.4 is 11.5 Å². The highest BCUT2D eigenvalue weighted by Gasteiger charge is 2.14. The number of nitrogens with zero attached hydrogens (tertiary/aromatic N) is 1. The Hall–Kier alpha value is -1.62. The van der Waals surface area contributed by atoms with Crippen molar-refractivity contribution >= 4 is 11.4 Å². The predicted molar refractivity (Wildman–Crippen MR) is 50.1 cm³/mol. The summed E-state index contributed by atoms with van der Waals surface area (Å²) in [5.74, 6) is 0. The average molecular weight is 181 g/mol. The van der Waals surface area contributed by atoms with E-state index in [-0.39, 0.29) is 17.9 Å². The SMILES string of the molecule is Cc1cc(CN)c(N)c([N+](=O)[O-])c1. The largest absolute Gasteiger partial charge is 0.393 e. The van der Waals surface area contributed by atoms with Gasteiger partial charge in [0, 0.05) is 12.6 Å². The molecule has 0 radical (unpaired) electrons. The molecule has 1 rings (SSSR count). The van der Waals surface area contributed by atoms with Crippen LogP contribution in [0.5, 0.6) is 0 Å². The van der Waals surface area contributed by atoms with Crippen LogP contribution in [-0.2, 0) is 6.54 Å². The van der Waals surface area contributed by atoms with Crippen molar-refractivity contribution in [1.82, 2.24) is 0 Å².